The second kappa shape index (κ2) is 5.50. The van der Waals surface area contributed by atoms with Gasteiger partial charge in [0.25, 0.3) is 0 Å². The molecule has 2 rings (SSSR count). The Hall–Kier alpha value is -1.09. The zero-order valence-corrected chi connectivity index (χ0v) is 11.0. The summed E-state index contributed by atoms with van der Waals surface area (Å²) in [6.45, 7) is 4.64. The van der Waals surface area contributed by atoms with Gasteiger partial charge in [0.2, 0.25) is 6.79 Å². The van der Waals surface area contributed by atoms with E-state index in [1.165, 1.54) is 0 Å². The van der Waals surface area contributed by atoms with Gasteiger partial charge in [-0.15, -0.1) is 0 Å². The van der Waals surface area contributed by atoms with Gasteiger partial charge >= 0.3 is 0 Å². The van der Waals surface area contributed by atoms with Crippen molar-refractivity contribution in [3.63, 3.8) is 0 Å². The van der Waals surface area contributed by atoms with Gasteiger partial charge < -0.3 is 14.8 Å². The van der Waals surface area contributed by atoms with Crippen molar-refractivity contribution in [3.05, 3.63) is 17.2 Å². The Bertz CT molecular complexity index is 395. The van der Waals surface area contributed by atoms with Crippen LogP contribution in [0.4, 0.5) is 5.69 Å². The van der Waals surface area contributed by atoms with Crippen LogP contribution in [0.2, 0.25) is 5.02 Å². The number of ether oxygens (including phenoxy) is 2. The third-order valence-corrected chi connectivity index (χ3v) is 3.26. The Balaban J connectivity index is 2.15. The van der Waals surface area contributed by atoms with Gasteiger partial charge in [0.15, 0.2) is 11.5 Å². The van der Waals surface area contributed by atoms with Gasteiger partial charge in [0.1, 0.15) is 0 Å². The second-order valence-electron chi connectivity index (χ2n) is 4.22. The summed E-state index contributed by atoms with van der Waals surface area (Å²) in [5.74, 6) is 1.49. The predicted molar refractivity (Wildman–Crippen MR) is 70.2 cm³/mol. The maximum atomic E-state index is 6.21. The van der Waals surface area contributed by atoms with Crippen molar-refractivity contribution in [3.8, 4) is 11.5 Å². The highest BCUT2D eigenvalue weighted by Gasteiger charge is 2.17. The Morgan fingerprint density at radius 2 is 2.00 bits per heavy atom. The number of halogens is 1. The van der Waals surface area contributed by atoms with E-state index >= 15 is 0 Å². The molecule has 0 saturated carbocycles. The second-order valence-corrected chi connectivity index (χ2v) is 4.63. The third kappa shape index (κ3) is 2.78. The third-order valence-electron chi connectivity index (χ3n) is 2.95. The molecule has 4 heteroatoms. The smallest absolute Gasteiger partial charge is 0.231 e. The lowest BCUT2D eigenvalue weighted by Gasteiger charge is -2.18. The minimum atomic E-state index is 0.279. The summed E-state index contributed by atoms with van der Waals surface area (Å²) in [4.78, 5) is 0. The van der Waals surface area contributed by atoms with Crippen LogP contribution >= 0.6 is 11.6 Å². The summed E-state index contributed by atoms with van der Waals surface area (Å²) in [5, 5.41) is 4.14. The molecule has 0 amide bonds. The number of nitrogens with one attached hydrogen (secondary N) is 1. The molecule has 1 aliphatic heterocycles. The van der Waals surface area contributed by atoms with E-state index < -0.39 is 0 Å². The van der Waals surface area contributed by atoms with Crippen molar-refractivity contribution < 1.29 is 9.47 Å². The molecular formula is C13H18ClNO2. The summed E-state index contributed by atoms with van der Waals surface area (Å²) < 4.78 is 10.6. The van der Waals surface area contributed by atoms with Crippen molar-refractivity contribution in [2.24, 2.45) is 0 Å². The van der Waals surface area contributed by atoms with E-state index in [1.807, 2.05) is 12.1 Å². The fraction of sp³-hybridized carbons (Fsp3) is 0.538. The van der Waals surface area contributed by atoms with E-state index in [2.05, 4.69) is 19.2 Å². The molecule has 1 atom stereocenters. The molecule has 0 spiro atoms. The fourth-order valence-corrected chi connectivity index (χ4v) is 2.18. The molecule has 1 aromatic rings. The molecule has 0 bridgehead atoms. The quantitative estimate of drug-likeness (QED) is 0.861. The molecule has 0 saturated heterocycles. The van der Waals surface area contributed by atoms with Crippen LogP contribution < -0.4 is 14.8 Å². The normalized spacial score (nSPS) is 14.8. The highest BCUT2D eigenvalue weighted by molar-refractivity contribution is 6.33. The predicted octanol–water partition coefficient (Wildman–Crippen LogP) is 4.06. The lowest BCUT2D eigenvalue weighted by molar-refractivity contribution is 0.174. The summed E-state index contributed by atoms with van der Waals surface area (Å²) >= 11 is 6.21. The van der Waals surface area contributed by atoms with Crippen LogP contribution in [0.1, 0.15) is 33.1 Å². The Labute approximate surface area is 107 Å². The first-order valence-corrected chi connectivity index (χ1v) is 6.48. The lowest BCUT2D eigenvalue weighted by Crippen LogP contribution is -2.18. The van der Waals surface area contributed by atoms with Gasteiger partial charge in [0, 0.05) is 18.2 Å². The van der Waals surface area contributed by atoms with E-state index in [0.29, 0.717) is 11.1 Å². The van der Waals surface area contributed by atoms with Crippen LogP contribution in [0.15, 0.2) is 12.1 Å². The van der Waals surface area contributed by atoms with Crippen molar-refractivity contribution >= 4 is 17.3 Å². The van der Waals surface area contributed by atoms with E-state index in [9.17, 15) is 0 Å². The molecule has 1 heterocycles. The van der Waals surface area contributed by atoms with Gasteiger partial charge in [-0.05, 0) is 12.8 Å². The van der Waals surface area contributed by atoms with Crippen molar-refractivity contribution in [1.29, 1.82) is 0 Å². The molecule has 0 fully saturated rings. The maximum Gasteiger partial charge on any atom is 0.231 e. The van der Waals surface area contributed by atoms with Crippen molar-refractivity contribution in [2.75, 3.05) is 12.1 Å². The highest BCUT2D eigenvalue weighted by atomic mass is 35.5. The molecule has 0 aromatic heterocycles. The van der Waals surface area contributed by atoms with Crippen molar-refractivity contribution in [1.82, 2.24) is 0 Å². The standard InChI is InChI=1S/C13H18ClNO2/c1-3-5-9(4-2)15-11-7-13-12(6-10(11)14)16-8-17-13/h6-7,9,15H,3-5,8H2,1-2H3. The number of hydrogen-bond acceptors (Lipinski definition) is 3. The van der Waals surface area contributed by atoms with E-state index in [1.54, 1.807) is 0 Å². The first kappa shape index (κ1) is 12.4. The largest absolute Gasteiger partial charge is 0.454 e. The van der Waals surface area contributed by atoms with Gasteiger partial charge in [-0.3, -0.25) is 0 Å². The number of rotatable bonds is 5. The fourth-order valence-electron chi connectivity index (χ4n) is 1.97. The average molecular weight is 256 g/mol. The zero-order valence-electron chi connectivity index (χ0n) is 10.3. The number of fused-ring (bicyclic) bond motifs is 1. The minimum absolute atomic E-state index is 0.279. The Morgan fingerprint density at radius 3 is 2.65 bits per heavy atom. The molecule has 94 valence electrons. The molecule has 17 heavy (non-hydrogen) atoms. The molecule has 0 aliphatic carbocycles. The number of hydrogen-bond donors (Lipinski definition) is 1. The van der Waals surface area contributed by atoms with Crippen molar-refractivity contribution in [2.45, 2.75) is 39.2 Å². The Kier molecular flexibility index (Phi) is 4.00. The molecule has 3 nitrogen and oxygen atoms in total. The molecule has 1 aliphatic rings. The SMILES string of the molecule is CCCC(CC)Nc1cc2c(cc1Cl)OCO2. The molecule has 1 aromatic carbocycles. The van der Waals surface area contributed by atoms with Crippen LogP contribution in [0.25, 0.3) is 0 Å². The van der Waals surface area contributed by atoms with Gasteiger partial charge in [-0.2, -0.15) is 0 Å². The molecule has 1 unspecified atom stereocenters. The minimum Gasteiger partial charge on any atom is -0.454 e. The van der Waals surface area contributed by atoms with Gasteiger partial charge in [0.05, 0.1) is 10.7 Å². The highest BCUT2D eigenvalue weighted by Crippen LogP contribution is 2.39. The van der Waals surface area contributed by atoms with Gasteiger partial charge in [-0.25, -0.2) is 0 Å². The van der Waals surface area contributed by atoms with Crippen LogP contribution in [0.3, 0.4) is 0 Å². The first-order valence-electron chi connectivity index (χ1n) is 6.10. The maximum absolute atomic E-state index is 6.21. The zero-order chi connectivity index (χ0) is 12.3. The van der Waals surface area contributed by atoms with Crippen LogP contribution in [-0.2, 0) is 0 Å². The number of anilines is 1. The average Bonchev–Trinajstić information content (AvgIpc) is 2.75. The van der Waals surface area contributed by atoms with Crippen LogP contribution in [0, 0.1) is 0 Å². The van der Waals surface area contributed by atoms with E-state index in [-0.39, 0.29) is 6.79 Å². The van der Waals surface area contributed by atoms with Crippen LogP contribution in [-0.4, -0.2) is 12.8 Å². The van der Waals surface area contributed by atoms with Crippen LogP contribution in [0.5, 0.6) is 11.5 Å². The lowest BCUT2D eigenvalue weighted by atomic mass is 10.1. The van der Waals surface area contributed by atoms with E-state index in [4.69, 9.17) is 21.1 Å². The summed E-state index contributed by atoms with van der Waals surface area (Å²) in [6, 6.07) is 4.19. The first-order chi connectivity index (χ1) is 8.24. The molecular weight excluding hydrogens is 238 g/mol. The monoisotopic (exact) mass is 255 g/mol. The van der Waals surface area contributed by atoms with E-state index in [0.717, 1.165) is 36.4 Å². The summed E-state index contributed by atoms with van der Waals surface area (Å²) in [5.41, 5.74) is 0.927. The number of benzene rings is 1. The molecule has 1 N–H and O–H groups in total. The topological polar surface area (TPSA) is 30.5 Å². The molecule has 0 radical (unpaired) electrons. The summed E-state index contributed by atoms with van der Waals surface area (Å²) in [7, 11) is 0. The Morgan fingerprint density at radius 1 is 1.29 bits per heavy atom. The summed E-state index contributed by atoms with van der Waals surface area (Å²) in [6.07, 6.45) is 3.38. The van der Waals surface area contributed by atoms with Gasteiger partial charge in [-0.1, -0.05) is 31.9 Å².